The van der Waals surface area contributed by atoms with Gasteiger partial charge in [0.2, 0.25) is 0 Å². The number of phenolic OH excluding ortho intramolecular Hbond substituents is 1. The molecule has 2 aliphatic heterocycles. The summed E-state index contributed by atoms with van der Waals surface area (Å²) in [5.74, 6) is 0.322. The van der Waals surface area contributed by atoms with Gasteiger partial charge in [-0.15, -0.1) is 0 Å². The first-order valence-electron chi connectivity index (χ1n) is 13.2. The number of para-hydroxylation sites is 2. The molecule has 6 aromatic rings. The van der Waals surface area contributed by atoms with E-state index >= 15 is 0 Å². The molecule has 3 N–H and O–H groups in total. The molecule has 6 nitrogen and oxygen atoms in total. The van der Waals surface area contributed by atoms with Crippen molar-refractivity contribution < 1.29 is 5.11 Å². The van der Waals surface area contributed by atoms with Crippen LogP contribution in [0.3, 0.4) is 0 Å². The summed E-state index contributed by atoms with van der Waals surface area (Å²) in [6, 6.07) is 37.2. The fraction of sp³-hybridized carbons (Fsp3) is 0. The summed E-state index contributed by atoms with van der Waals surface area (Å²) in [5.41, 5.74) is 8.92. The first kappa shape index (κ1) is 25.5. The van der Waals surface area contributed by atoms with Crippen molar-refractivity contribution in [1.82, 2.24) is 24.9 Å². The van der Waals surface area contributed by atoms with Crippen molar-refractivity contribution in [3.8, 4) is 5.75 Å². The Morgan fingerprint density at radius 2 is 0.902 bits per heavy atom. The van der Waals surface area contributed by atoms with Crippen LogP contribution in [0.25, 0.3) is 57.3 Å². The number of hydrogen-bond donors (Lipinski definition) is 3. The second-order valence-corrected chi connectivity index (χ2v) is 9.44. The number of fused-ring (bicyclic) bond motifs is 9. The van der Waals surface area contributed by atoms with Crippen LogP contribution in [-0.4, -0.2) is 30.0 Å². The Kier molecular flexibility index (Phi) is 7.45. The number of rotatable bonds is 0. The molecule has 2 aliphatic rings. The summed E-state index contributed by atoms with van der Waals surface area (Å²) in [5, 5.41) is 9.83. The van der Waals surface area contributed by atoms with Crippen molar-refractivity contribution in [3.05, 3.63) is 144 Å². The van der Waals surface area contributed by atoms with Gasteiger partial charge in [0.05, 0.1) is 28.3 Å². The zero-order chi connectivity index (χ0) is 27.9. The molecule has 4 aromatic heterocycles. The van der Waals surface area contributed by atoms with Crippen LogP contribution in [0.5, 0.6) is 5.75 Å². The van der Waals surface area contributed by atoms with Crippen molar-refractivity contribution in [3.63, 3.8) is 0 Å². The zero-order valence-electron chi connectivity index (χ0n) is 22.1. The van der Waals surface area contributed by atoms with Gasteiger partial charge in [0.25, 0.3) is 0 Å². The third kappa shape index (κ3) is 6.82. The number of nitrogens with one attached hydrogen (secondary N) is 2. The Balaban J connectivity index is 0.000000145. The lowest BCUT2D eigenvalue weighted by molar-refractivity contribution is 0.475. The highest BCUT2D eigenvalue weighted by Crippen LogP contribution is 2.17. The van der Waals surface area contributed by atoms with Crippen molar-refractivity contribution in [2.45, 2.75) is 0 Å². The maximum Gasteiger partial charge on any atom is 0.115 e. The quantitative estimate of drug-likeness (QED) is 0.183. The van der Waals surface area contributed by atoms with E-state index in [4.69, 9.17) is 5.11 Å². The van der Waals surface area contributed by atoms with Crippen LogP contribution in [0.2, 0.25) is 0 Å². The summed E-state index contributed by atoms with van der Waals surface area (Å²) in [7, 11) is 0. The highest BCUT2D eigenvalue weighted by Gasteiger charge is 2.01. The zero-order valence-corrected chi connectivity index (χ0v) is 22.1. The number of aromatic amines is 2. The maximum atomic E-state index is 8.63. The third-order valence-corrected chi connectivity index (χ3v) is 6.31. The van der Waals surface area contributed by atoms with E-state index in [-0.39, 0.29) is 0 Å². The van der Waals surface area contributed by atoms with E-state index in [9.17, 15) is 0 Å². The minimum absolute atomic E-state index is 0.322. The van der Waals surface area contributed by atoms with E-state index in [1.165, 1.54) is 5.39 Å². The number of pyridine rings is 1. The van der Waals surface area contributed by atoms with E-state index in [1.807, 2.05) is 85.1 Å². The van der Waals surface area contributed by atoms with Crippen LogP contribution in [0.4, 0.5) is 0 Å². The summed E-state index contributed by atoms with van der Waals surface area (Å²) < 4.78 is 0. The molecule has 0 fully saturated rings. The molecule has 8 rings (SSSR count). The molecule has 2 aromatic carbocycles. The van der Waals surface area contributed by atoms with Crippen LogP contribution in [0.15, 0.2) is 121 Å². The highest BCUT2D eigenvalue weighted by molar-refractivity contribution is 5.78. The van der Waals surface area contributed by atoms with Crippen LogP contribution in [0, 0.1) is 0 Å². The first-order chi connectivity index (χ1) is 20.2. The Labute approximate surface area is 237 Å². The predicted octanol–water partition coefficient (Wildman–Crippen LogP) is 8.28. The first-order valence-corrected chi connectivity index (χ1v) is 13.2. The smallest absolute Gasteiger partial charge is 0.115 e. The second-order valence-electron chi connectivity index (χ2n) is 9.44. The lowest BCUT2D eigenvalue weighted by Gasteiger charge is -1.91. The number of hydrogen-bond acceptors (Lipinski definition) is 4. The van der Waals surface area contributed by atoms with E-state index in [1.54, 1.807) is 24.3 Å². The standard InChI is InChI=1S/C20H14N4.C9H7N.C6H6O/c1-2-14-10-16-5-6-18(23-16)12-20-8-7-19(24-20)11-17-4-3-15(22-17)9-13(1)21-14;1-2-6-9-8(4-1)5-3-7-10-9;7-6-4-2-1-3-5-6/h1-12,21,24H;1-7H;1-5,7H. The van der Waals surface area contributed by atoms with Gasteiger partial charge in [0, 0.05) is 33.6 Å². The molecule has 8 bridgehead atoms. The van der Waals surface area contributed by atoms with Gasteiger partial charge < -0.3 is 15.1 Å². The van der Waals surface area contributed by atoms with E-state index < -0.39 is 0 Å². The molecular formula is C35H27N5O. The Morgan fingerprint density at radius 3 is 1.34 bits per heavy atom. The van der Waals surface area contributed by atoms with Crippen molar-refractivity contribution in [2.75, 3.05) is 0 Å². The summed E-state index contributed by atoms with van der Waals surface area (Å²) >= 11 is 0. The SMILES string of the molecule is C1=Cc2cc3ccc(cc4nc(cc5ccc(cc1n2)[nH]5)C=C4)[nH]3.Oc1ccccc1.c1ccc2ncccc2c1. The molecule has 0 spiro atoms. The molecule has 6 heteroatoms. The van der Waals surface area contributed by atoms with Crippen LogP contribution >= 0.6 is 0 Å². The molecule has 0 aliphatic carbocycles. The summed E-state index contributed by atoms with van der Waals surface area (Å²) in [6.45, 7) is 0. The average Bonchev–Trinajstić information content (AvgIpc) is 3.81. The molecule has 0 atom stereocenters. The van der Waals surface area contributed by atoms with Gasteiger partial charge in [-0.2, -0.15) is 0 Å². The lowest BCUT2D eigenvalue weighted by atomic mass is 10.2. The number of aromatic nitrogens is 5. The van der Waals surface area contributed by atoms with Gasteiger partial charge in [-0.1, -0.05) is 42.5 Å². The van der Waals surface area contributed by atoms with Gasteiger partial charge in [-0.05, 0) is 97.1 Å². The van der Waals surface area contributed by atoms with E-state index in [0.29, 0.717) is 5.75 Å². The largest absolute Gasteiger partial charge is 0.508 e. The molecule has 198 valence electrons. The van der Waals surface area contributed by atoms with Gasteiger partial charge in [0.1, 0.15) is 5.75 Å². The molecular weight excluding hydrogens is 506 g/mol. The lowest BCUT2D eigenvalue weighted by Crippen LogP contribution is -1.75. The third-order valence-electron chi connectivity index (χ3n) is 6.31. The normalized spacial score (nSPS) is 11.3. The number of phenols is 1. The van der Waals surface area contributed by atoms with Gasteiger partial charge in [0.15, 0.2) is 0 Å². The van der Waals surface area contributed by atoms with Crippen LogP contribution < -0.4 is 0 Å². The second kappa shape index (κ2) is 12.0. The average molecular weight is 534 g/mol. The van der Waals surface area contributed by atoms with Crippen molar-refractivity contribution in [2.24, 2.45) is 0 Å². The number of aromatic hydroxyl groups is 1. The van der Waals surface area contributed by atoms with Crippen LogP contribution in [-0.2, 0) is 0 Å². The predicted molar refractivity (Wildman–Crippen MR) is 169 cm³/mol. The van der Waals surface area contributed by atoms with Gasteiger partial charge in [-0.25, -0.2) is 9.97 Å². The Hall–Kier alpha value is -5.75. The Morgan fingerprint density at radius 1 is 0.463 bits per heavy atom. The maximum absolute atomic E-state index is 8.63. The molecule has 41 heavy (non-hydrogen) atoms. The van der Waals surface area contributed by atoms with E-state index in [2.05, 4.69) is 61.3 Å². The minimum Gasteiger partial charge on any atom is -0.508 e. The monoisotopic (exact) mass is 533 g/mol. The topological polar surface area (TPSA) is 90.5 Å². The highest BCUT2D eigenvalue weighted by atomic mass is 16.3. The number of H-pyrrole nitrogens is 2. The molecule has 0 saturated carbocycles. The van der Waals surface area contributed by atoms with Gasteiger partial charge in [-0.3, -0.25) is 4.98 Å². The summed E-state index contributed by atoms with van der Waals surface area (Å²) in [6.07, 6.45) is 9.90. The fourth-order valence-electron chi connectivity index (χ4n) is 4.39. The molecule has 0 radical (unpaired) electrons. The minimum atomic E-state index is 0.322. The van der Waals surface area contributed by atoms with Gasteiger partial charge >= 0.3 is 0 Å². The van der Waals surface area contributed by atoms with Crippen molar-refractivity contribution >= 4 is 57.3 Å². The number of benzene rings is 2. The fourth-order valence-corrected chi connectivity index (χ4v) is 4.39. The Bertz CT molecular complexity index is 1780. The van der Waals surface area contributed by atoms with Crippen LogP contribution in [0.1, 0.15) is 22.8 Å². The summed E-state index contributed by atoms with van der Waals surface area (Å²) in [4.78, 5) is 20.2. The molecule has 0 saturated heterocycles. The van der Waals surface area contributed by atoms with E-state index in [0.717, 1.165) is 50.4 Å². The molecule has 0 unspecified atom stereocenters. The van der Waals surface area contributed by atoms with Crippen molar-refractivity contribution in [1.29, 1.82) is 0 Å². The number of nitrogens with zero attached hydrogens (tertiary/aromatic N) is 3. The molecule has 0 amide bonds. The molecule has 6 heterocycles.